The lowest BCUT2D eigenvalue weighted by Crippen LogP contribution is -2.36. The standard InChI is InChI=1S/C13H21NO4/c1-3-13(4-2,9-15)8-14-6-11-5-10(7-18-11)12(16)17/h5,7,14-15H,3-4,6,8-9H2,1-2H3,(H,16,17). The van der Waals surface area contributed by atoms with Gasteiger partial charge < -0.3 is 19.9 Å². The summed E-state index contributed by atoms with van der Waals surface area (Å²) >= 11 is 0. The largest absolute Gasteiger partial charge is 0.478 e. The number of hydrogen-bond acceptors (Lipinski definition) is 4. The SMILES string of the molecule is CCC(CC)(CO)CNCc1cc(C(=O)O)co1. The smallest absolute Gasteiger partial charge is 0.338 e. The first-order valence-electron chi connectivity index (χ1n) is 6.19. The van der Waals surface area contributed by atoms with E-state index < -0.39 is 5.97 Å². The van der Waals surface area contributed by atoms with Crippen LogP contribution in [0.5, 0.6) is 0 Å². The van der Waals surface area contributed by atoms with Gasteiger partial charge in [-0.25, -0.2) is 4.79 Å². The minimum absolute atomic E-state index is 0.109. The molecule has 0 aliphatic rings. The van der Waals surface area contributed by atoms with Crippen LogP contribution in [0.3, 0.4) is 0 Å². The monoisotopic (exact) mass is 255 g/mol. The highest BCUT2D eigenvalue weighted by molar-refractivity contribution is 5.87. The number of aliphatic hydroxyl groups is 1. The van der Waals surface area contributed by atoms with E-state index >= 15 is 0 Å². The van der Waals surface area contributed by atoms with Crippen LogP contribution in [0.4, 0.5) is 0 Å². The molecule has 0 radical (unpaired) electrons. The van der Waals surface area contributed by atoms with E-state index in [0.29, 0.717) is 18.8 Å². The Bertz CT molecular complexity index is 374. The number of aromatic carboxylic acids is 1. The number of aliphatic hydroxyl groups excluding tert-OH is 1. The van der Waals surface area contributed by atoms with Crippen molar-refractivity contribution in [3.63, 3.8) is 0 Å². The lowest BCUT2D eigenvalue weighted by Gasteiger charge is -2.29. The fourth-order valence-electron chi connectivity index (χ4n) is 1.82. The average Bonchev–Trinajstić information content (AvgIpc) is 2.84. The van der Waals surface area contributed by atoms with Gasteiger partial charge in [0.15, 0.2) is 0 Å². The molecule has 0 saturated carbocycles. The molecule has 1 aromatic rings. The Kier molecular flexibility index (Phi) is 5.37. The molecule has 1 heterocycles. The number of rotatable bonds is 8. The fourth-order valence-corrected chi connectivity index (χ4v) is 1.82. The molecule has 0 aromatic carbocycles. The first-order valence-corrected chi connectivity index (χ1v) is 6.19. The summed E-state index contributed by atoms with van der Waals surface area (Å²) in [5, 5.41) is 21.4. The van der Waals surface area contributed by atoms with E-state index in [1.54, 1.807) is 0 Å². The van der Waals surface area contributed by atoms with Gasteiger partial charge in [0, 0.05) is 18.6 Å². The third kappa shape index (κ3) is 3.58. The minimum Gasteiger partial charge on any atom is -0.478 e. The zero-order chi connectivity index (χ0) is 13.6. The second-order valence-electron chi connectivity index (χ2n) is 4.58. The van der Waals surface area contributed by atoms with Crippen LogP contribution in [-0.4, -0.2) is 29.3 Å². The van der Waals surface area contributed by atoms with Crippen molar-refractivity contribution in [3.8, 4) is 0 Å². The molecule has 0 unspecified atom stereocenters. The van der Waals surface area contributed by atoms with Crippen molar-refractivity contribution in [2.24, 2.45) is 5.41 Å². The molecule has 0 atom stereocenters. The number of carboxylic acids is 1. The van der Waals surface area contributed by atoms with E-state index in [4.69, 9.17) is 9.52 Å². The average molecular weight is 255 g/mol. The zero-order valence-corrected chi connectivity index (χ0v) is 10.9. The maximum Gasteiger partial charge on any atom is 0.338 e. The lowest BCUT2D eigenvalue weighted by molar-refractivity contribution is 0.0696. The van der Waals surface area contributed by atoms with Gasteiger partial charge in [-0.2, -0.15) is 0 Å². The highest BCUT2D eigenvalue weighted by Crippen LogP contribution is 2.24. The van der Waals surface area contributed by atoms with Crippen LogP contribution in [0, 0.1) is 5.41 Å². The molecule has 0 bridgehead atoms. The maximum absolute atomic E-state index is 10.7. The van der Waals surface area contributed by atoms with Gasteiger partial charge in [-0.1, -0.05) is 13.8 Å². The summed E-state index contributed by atoms with van der Waals surface area (Å²) in [6.45, 7) is 5.40. The topological polar surface area (TPSA) is 82.7 Å². The van der Waals surface area contributed by atoms with Crippen LogP contribution in [-0.2, 0) is 6.54 Å². The molecule has 0 saturated heterocycles. The molecule has 102 valence electrons. The van der Waals surface area contributed by atoms with Crippen LogP contribution in [0.1, 0.15) is 42.8 Å². The second-order valence-corrected chi connectivity index (χ2v) is 4.58. The summed E-state index contributed by atoms with van der Waals surface area (Å²) in [7, 11) is 0. The molecule has 18 heavy (non-hydrogen) atoms. The van der Waals surface area contributed by atoms with Crippen molar-refractivity contribution in [2.75, 3.05) is 13.2 Å². The quantitative estimate of drug-likeness (QED) is 0.660. The molecule has 1 rings (SSSR count). The van der Waals surface area contributed by atoms with E-state index in [1.807, 2.05) is 0 Å². The Morgan fingerprint density at radius 1 is 1.44 bits per heavy atom. The third-order valence-electron chi connectivity index (χ3n) is 3.54. The van der Waals surface area contributed by atoms with Crippen LogP contribution >= 0.6 is 0 Å². The van der Waals surface area contributed by atoms with Crippen LogP contribution in [0.15, 0.2) is 16.7 Å². The van der Waals surface area contributed by atoms with E-state index in [1.165, 1.54) is 12.3 Å². The first-order chi connectivity index (χ1) is 8.56. The van der Waals surface area contributed by atoms with Crippen LogP contribution < -0.4 is 5.32 Å². The van der Waals surface area contributed by atoms with E-state index in [-0.39, 0.29) is 17.6 Å². The second kappa shape index (κ2) is 6.56. The summed E-state index contributed by atoms with van der Waals surface area (Å²) in [5.41, 5.74) is 0.0496. The molecular formula is C13H21NO4. The predicted molar refractivity (Wildman–Crippen MR) is 67.5 cm³/mol. The zero-order valence-electron chi connectivity index (χ0n) is 10.9. The van der Waals surface area contributed by atoms with E-state index in [2.05, 4.69) is 19.2 Å². The Labute approximate surface area is 107 Å². The van der Waals surface area contributed by atoms with Crippen molar-refractivity contribution < 1.29 is 19.4 Å². The molecule has 0 aliphatic heterocycles. The number of hydrogen-bond donors (Lipinski definition) is 3. The van der Waals surface area contributed by atoms with Crippen LogP contribution in [0.25, 0.3) is 0 Å². The van der Waals surface area contributed by atoms with Gasteiger partial charge in [0.2, 0.25) is 0 Å². The van der Waals surface area contributed by atoms with E-state index in [9.17, 15) is 9.90 Å². The normalized spacial score (nSPS) is 11.7. The van der Waals surface area contributed by atoms with Crippen molar-refractivity contribution >= 4 is 5.97 Å². The summed E-state index contributed by atoms with van der Waals surface area (Å²) in [4.78, 5) is 10.7. The van der Waals surface area contributed by atoms with Crippen molar-refractivity contribution in [1.82, 2.24) is 5.32 Å². The molecule has 5 nitrogen and oxygen atoms in total. The Balaban J connectivity index is 2.47. The number of nitrogens with one attached hydrogen (secondary N) is 1. The van der Waals surface area contributed by atoms with Crippen molar-refractivity contribution in [3.05, 3.63) is 23.7 Å². The summed E-state index contributed by atoms with van der Waals surface area (Å²) < 4.78 is 5.14. The summed E-state index contributed by atoms with van der Waals surface area (Å²) in [6, 6.07) is 1.51. The van der Waals surface area contributed by atoms with Gasteiger partial charge in [0.1, 0.15) is 12.0 Å². The Morgan fingerprint density at radius 3 is 2.56 bits per heavy atom. The van der Waals surface area contributed by atoms with E-state index in [0.717, 1.165) is 12.8 Å². The Hall–Kier alpha value is -1.33. The number of furan rings is 1. The molecule has 3 N–H and O–H groups in total. The van der Waals surface area contributed by atoms with Gasteiger partial charge in [0.25, 0.3) is 0 Å². The molecule has 0 fully saturated rings. The Morgan fingerprint density at radius 2 is 2.11 bits per heavy atom. The highest BCUT2D eigenvalue weighted by atomic mass is 16.4. The summed E-state index contributed by atoms with van der Waals surface area (Å²) in [6.07, 6.45) is 3.02. The third-order valence-corrected chi connectivity index (χ3v) is 3.54. The molecule has 0 spiro atoms. The van der Waals surface area contributed by atoms with Gasteiger partial charge in [-0.05, 0) is 18.9 Å². The van der Waals surface area contributed by atoms with Gasteiger partial charge in [0.05, 0.1) is 12.1 Å². The van der Waals surface area contributed by atoms with Gasteiger partial charge in [-0.15, -0.1) is 0 Å². The molecule has 1 aromatic heterocycles. The molecule has 5 heteroatoms. The van der Waals surface area contributed by atoms with Gasteiger partial charge >= 0.3 is 5.97 Å². The molecular weight excluding hydrogens is 234 g/mol. The molecule has 0 aliphatic carbocycles. The maximum atomic E-state index is 10.7. The summed E-state index contributed by atoms with van der Waals surface area (Å²) in [5.74, 6) is -0.400. The highest BCUT2D eigenvalue weighted by Gasteiger charge is 2.24. The lowest BCUT2D eigenvalue weighted by atomic mass is 9.83. The predicted octanol–water partition coefficient (Wildman–Crippen LogP) is 1.87. The first kappa shape index (κ1) is 14.7. The van der Waals surface area contributed by atoms with Gasteiger partial charge in [-0.3, -0.25) is 0 Å². The minimum atomic E-state index is -0.989. The van der Waals surface area contributed by atoms with Crippen molar-refractivity contribution in [1.29, 1.82) is 0 Å². The fraction of sp³-hybridized carbons (Fsp3) is 0.615. The van der Waals surface area contributed by atoms with Crippen LogP contribution in [0.2, 0.25) is 0 Å². The van der Waals surface area contributed by atoms with Crippen molar-refractivity contribution in [2.45, 2.75) is 33.2 Å². The number of carboxylic acid groups (broad SMARTS) is 1. The number of carbonyl (C=O) groups is 1. The molecule has 0 amide bonds.